The number of anilines is 1. The monoisotopic (exact) mass is 265 g/mol. The van der Waals surface area contributed by atoms with Gasteiger partial charge >= 0.3 is 0 Å². The third-order valence-electron chi connectivity index (χ3n) is 3.24. The van der Waals surface area contributed by atoms with Gasteiger partial charge in [0.25, 0.3) is 5.91 Å². The van der Waals surface area contributed by atoms with Crippen LogP contribution in [-0.4, -0.2) is 49.1 Å². The molecule has 1 aromatic rings. The van der Waals surface area contributed by atoms with Crippen LogP contribution in [0.3, 0.4) is 0 Å². The lowest BCUT2D eigenvalue weighted by molar-refractivity contribution is 0.0615. The molecule has 1 amide bonds. The van der Waals surface area contributed by atoms with Crippen LogP contribution in [-0.2, 0) is 4.74 Å². The maximum atomic E-state index is 12.6. The molecule has 1 rings (SSSR count). The van der Waals surface area contributed by atoms with Crippen LogP contribution in [0.15, 0.2) is 18.5 Å². The van der Waals surface area contributed by atoms with E-state index >= 15 is 0 Å². The number of ether oxygens (including phenoxy) is 1. The number of nitrogens with one attached hydrogen (secondary N) is 1. The molecule has 0 aliphatic heterocycles. The first-order valence-corrected chi connectivity index (χ1v) is 6.57. The molecule has 0 fully saturated rings. The number of hydrogen-bond acceptors (Lipinski definition) is 4. The van der Waals surface area contributed by atoms with E-state index in [9.17, 15) is 4.79 Å². The van der Waals surface area contributed by atoms with Gasteiger partial charge in [-0.05, 0) is 19.4 Å². The second-order valence-electron chi connectivity index (χ2n) is 4.42. The number of pyridine rings is 1. The van der Waals surface area contributed by atoms with Crippen LogP contribution in [0.5, 0.6) is 0 Å². The first kappa shape index (κ1) is 15.4. The molecule has 0 aliphatic rings. The smallest absolute Gasteiger partial charge is 0.256 e. The molecule has 1 heterocycles. The fraction of sp³-hybridized carbons (Fsp3) is 0.571. The van der Waals surface area contributed by atoms with Crippen molar-refractivity contribution >= 4 is 11.6 Å². The Bertz CT molecular complexity index is 409. The lowest BCUT2D eigenvalue weighted by Crippen LogP contribution is -2.40. The maximum Gasteiger partial charge on any atom is 0.256 e. The summed E-state index contributed by atoms with van der Waals surface area (Å²) in [5, 5.41) is 3.00. The SMILES string of the molecule is CCC(C)N(CCOC)C(=O)c1ccncc1NC. The van der Waals surface area contributed by atoms with Crippen molar-refractivity contribution in [1.29, 1.82) is 0 Å². The van der Waals surface area contributed by atoms with Gasteiger partial charge in [-0.3, -0.25) is 9.78 Å². The van der Waals surface area contributed by atoms with E-state index in [0.717, 1.165) is 12.1 Å². The summed E-state index contributed by atoms with van der Waals surface area (Å²) in [7, 11) is 3.43. The molecule has 0 aliphatic carbocycles. The number of rotatable bonds is 7. The van der Waals surface area contributed by atoms with E-state index in [4.69, 9.17) is 4.74 Å². The van der Waals surface area contributed by atoms with Crippen LogP contribution in [0.1, 0.15) is 30.6 Å². The molecular weight excluding hydrogens is 242 g/mol. The number of aromatic nitrogens is 1. The summed E-state index contributed by atoms with van der Waals surface area (Å²) in [6, 6.07) is 1.93. The molecule has 0 bridgehead atoms. The van der Waals surface area contributed by atoms with Gasteiger partial charge in [0, 0.05) is 32.9 Å². The van der Waals surface area contributed by atoms with Gasteiger partial charge < -0.3 is 15.0 Å². The zero-order chi connectivity index (χ0) is 14.3. The minimum atomic E-state index is 0.0122. The van der Waals surface area contributed by atoms with Crippen molar-refractivity contribution in [1.82, 2.24) is 9.88 Å². The molecule has 5 heteroatoms. The van der Waals surface area contributed by atoms with Crippen LogP contribution < -0.4 is 5.32 Å². The van der Waals surface area contributed by atoms with Gasteiger partial charge in [-0.2, -0.15) is 0 Å². The van der Waals surface area contributed by atoms with Crippen molar-refractivity contribution in [3.63, 3.8) is 0 Å². The first-order valence-electron chi connectivity index (χ1n) is 6.57. The first-order chi connectivity index (χ1) is 9.15. The number of methoxy groups -OCH3 is 1. The summed E-state index contributed by atoms with van der Waals surface area (Å²) >= 11 is 0. The highest BCUT2D eigenvalue weighted by Crippen LogP contribution is 2.17. The van der Waals surface area contributed by atoms with Gasteiger partial charge in [0.15, 0.2) is 0 Å². The Labute approximate surface area is 115 Å². The predicted octanol–water partition coefficient (Wildman–Crippen LogP) is 2.01. The average Bonchev–Trinajstić information content (AvgIpc) is 2.46. The molecule has 19 heavy (non-hydrogen) atoms. The maximum absolute atomic E-state index is 12.6. The predicted molar refractivity (Wildman–Crippen MR) is 76.4 cm³/mol. The summed E-state index contributed by atoms with van der Waals surface area (Å²) in [5.74, 6) is 0.0122. The standard InChI is InChI=1S/C14H23N3O2/c1-5-11(2)17(8-9-19-4)14(18)12-6-7-16-10-13(12)15-3/h6-7,10-11,15H,5,8-9H2,1-4H3. The van der Waals surface area contributed by atoms with Gasteiger partial charge in [0.1, 0.15) is 0 Å². The van der Waals surface area contributed by atoms with Crippen molar-refractivity contribution in [3.8, 4) is 0 Å². The van der Waals surface area contributed by atoms with Crippen molar-refractivity contribution in [2.75, 3.05) is 32.6 Å². The Hall–Kier alpha value is -1.62. The topological polar surface area (TPSA) is 54.5 Å². The quantitative estimate of drug-likeness (QED) is 0.819. The summed E-state index contributed by atoms with van der Waals surface area (Å²) in [6.45, 7) is 5.25. The van der Waals surface area contributed by atoms with E-state index in [2.05, 4.69) is 17.2 Å². The molecule has 106 valence electrons. The number of hydrogen-bond donors (Lipinski definition) is 1. The zero-order valence-corrected chi connectivity index (χ0v) is 12.1. The molecule has 0 radical (unpaired) electrons. The van der Waals surface area contributed by atoms with Gasteiger partial charge in [-0.15, -0.1) is 0 Å². The number of nitrogens with zero attached hydrogens (tertiary/aromatic N) is 2. The van der Waals surface area contributed by atoms with E-state index in [1.54, 1.807) is 32.6 Å². The van der Waals surface area contributed by atoms with Crippen LogP contribution in [0.4, 0.5) is 5.69 Å². The minimum Gasteiger partial charge on any atom is -0.386 e. The highest BCUT2D eigenvalue weighted by Gasteiger charge is 2.22. The third-order valence-corrected chi connectivity index (χ3v) is 3.24. The summed E-state index contributed by atoms with van der Waals surface area (Å²) < 4.78 is 5.09. The molecule has 5 nitrogen and oxygen atoms in total. The molecule has 0 saturated heterocycles. The Morgan fingerprint density at radius 1 is 1.58 bits per heavy atom. The van der Waals surface area contributed by atoms with E-state index in [1.807, 2.05) is 11.8 Å². The molecule has 1 unspecified atom stereocenters. The normalized spacial score (nSPS) is 12.0. The number of amides is 1. The Morgan fingerprint density at radius 2 is 2.32 bits per heavy atom. The summed E-state index contributed by atoms with van der Waals surface area (Å²) in [5.41, 5.74) is 1.40. The van der Waals surface area contributed by atoms with Crippen LogP contribution in [0.25, 0.3) is 0 Å². The van der Waals surface area contributed by atoms with Crippen molar-refractivity contribution in [2.24, 2.45) is 0 Å². The van der Waals surface area contributed by atoms with Crippen molar-refractivity contribution in [2.45, 2.75) is 26.3 Å². The summed E-state index contributed by atoms with van der Waals surface area (Å²) in [4.78, 5) is 18.5. The fourth-order valence-corrected chi connectivity index (χ4v) is 1.87. The third kappa shape index (κ3) is 3.92. The Balaban J connectivity index is 2.97. The Kier molecular flexibility index (Phi) is 6.29. The zero-order valence-electron chi connectivity index (χ0n) is 12.1. The van der Waals surface area contributed by atoms with Crippen LogP contribution in [0, 0.1) is 0 Å². The van der Waals surface area contributed by atoms with Crippen molar-refractivity contribution in [3.05, 3.63) is 24.0 Å². The second-order valence-corrected chi connectivity index (χ2v) is 4.42. The lowest BCUT2D eigenvalue weighted by atomic mass is 10.1. The van der Waals surface area contributed by atoms with Crippen LogP contribution >= 0.6 is 0 Å². The van der Waals surface area contributed by atoms with Gasteiger partial charge in [-0.25, -0.2) is 0 Å². The molecule has 0 aromatic carbocycles. The van der Waals surface area contributed by atoms with Crippen LogP contribution in [0.2, 0.25) is 0 Å². The largest absolute Gasteiger partial charge is 0.386 e. The lowest BCUT2D eigenvalue weighted by Gasteiger charge is -2.29. The molecule has 1 aromatic heterocycles. The summed E-state index contributed by atoms with van der Waals surface area (Å²) in [6.07, 6.45) is 4.22. The van der Waals surface area contributed by atoms with E-state index in [-0.39, 0.29) is 11.9 Å². The molecule has 0 saturated carbocycles. The van der Waals surface area contributed by atoms with Gasteiger partial charge in [-0.1, -0.05) is 6.92 Å². The minimum absolute atomic E-state index is 0.0122. The van der Waals surface area contributed by atoms with E-state index in [1.165, 1.54) is 0 Å². The van der Waals surface area contributed by atoms with Crippen molar-refractivity contribution < 1.29 is 9.53 Å². The van der Waals surface area contributed by atoms with Gasteiger partial charge in [0.2, 0.25) is 0 Å². The number of carbonyl (C=O) groups is 1. The molecule has 0 spiro atoms. The molecule has 1 N–H and O–H groups in total. The highest BCUT2D eigenvalue weighted by atomic mass is 16.5. The second kappa shape index (κ2) is 7.74. The van der Waals surface area contributed by atoms with Gasteiger partial charge in [0.05, 0.1) is 24.1 Å². The van der Waals surface area contributed by atoms with E-state index < -0.39 is 0 Å². The van der Waals surface area contributed by atoms with E-state index in [0.29, 0.717) is 18.7 Å². The highest BCUT2D eigenvalue weighted by molar-refractivity contribution is 5.99. The fourth-order valence-electron chi connectivity index (χ4n) is 1.87. The number of carbonyl (C=O) groups excluding carboxylic acids is 1. The average molecular weight is 265 g/mol. The molecular formula is C14H23N3O2. The molecule has 1 atom stereocenters. The Morgan fingerprint density at radius 3 is 2.89 bits per heavy atom.